The van der Waals surface area contributed by atoms with E-state index >= 15 is 0 Å². The number of nitrogens with one attached hydrogen (secondary N) is 1. The van der Waals surface area contributed by atoms with Gasteiger partial charge in [0.1, 0.15) is 5.82 Å². The standard InChI is InChI=1S/C27H29ClN6O/c1-17-4-9-23(18(2)16-17)19(3)29-27(35)21-12-14-33(15-13-21)25-11-10-24-30-31-26(34(24)32-25)20-5-7-22(28)8-6-20/h4-11,16,19,21H,12-15H2,1-3H3,(H,29,35)/t19-/m1/s1. The van der Waals surface area contributed by atoms with Crippen LogP contribution in [0, 0.1) is 19.8 Å². The van der Waals surface area contributed by atoms with Crippen LogP contribution < -0.4 is 10.2 Å². The molecule has 2 aromatic heterocycles. The first-order chi connectivity index (χ1) is 16.9. The number of hydrogen-bond donors (Lipinski definition) is 1. The molecule has 1 saturated heterocycles. The van der Waals surface area contributed by atoms with Crippen LogP contribution in [0.15, 0.2) is 54.6 Å². The molecular formula is C27H29ClN6O. The van der Waals surface area contributed by atoms with Gasteiger partial charge in [-0.05, 0) is 81.1 Å². The number of carbonyl (C=O) groups is 1. The molecule has 3 heterocycles. The third-order valence-electron chi connectivity index (χ3n) is 6.79. The maximum absolute atomic E-state index is 13.0. The molecule has 1 atom stereocenters. The molecule has 1 amide bonds. The van der Waals surface area contributed by atoms with Crippen molar-refractivity contribution >= 4 is 29.0 Å². The number of anilines is 1. The van der Waals surface area contributed by atoms with E-state index < -0.39 is 0 Å². The molecule has 1 aliphatic heterocycles. The highest BCUT2D eigenvalue weighted by Gasteiger charge is 2.27. The Labute approximate surface area is 210 Å². The molecule has 1 fully saturated rings. The Morgan fingerprint density at radius 2 is 1.77 bits per heavy atom. The number of rotatable bonds is 5. The Bertz CT molecular complexity index is 1360. The molecule has 1 aliphatic rings. The molecule has 5 rings (SSSR count). The van der Waals surface area contributed by atoms with E-state index in [1.807, 2.05) is 36.4 Å². The number of carbonyl (C=O) groups excluding carboxylic acids is 1. The number of aryl methyl sites for hydroxylation is 2. The van der Waals surface area contributed by atoms with E-state index in [4.69, 9.17) is 16.7 Å². The molecule has 0 bridgehead atoms. The zero-order chi connectivity index (χ0) is 24.5. The van der Waals surface area contributed by atoms with Gasteiger partial charge in [0.05, 0.1) is 6.04 Å². The van der Waals surface area contributed by atoms with Crippen LogP contribution >= 0.6 is 11.6 Å². The SMILES string of the molecule is Cc1ccc([C@@H](C)NC(=O)C2CCN(c3ccc4nnc(-c5ccc(Cl)cc5)n4n3)CC2)c(C)c1. The summed E-state index contributed by atoms with van der Waals surface area (Å²) in [6, 6.07) is 17.8. The van der Waals surface area contributed by atoms with Gasteiger partial charge in [-0.15, -0.1) is 15.3 Å². The van der Waals surface area contributed by atoms with Crippen molar-refractivity contribution in [1.82, 2.24) is 25.1 Å². The fraction of sp³-hybridized carbons (Fsp3) is 0.333. The first-order valence-corrected chi connectivity index (χ1v) is 12.4. The van der Waals surface area contributed by atoms with Crippen molar-refractivity contribution < 1.29 is 4.79 Å². The van der Waals surface area contributed by atoms with Gasteiger partial charge >= 0.3 is 0 Å². The molecule has 0 aliphatic carbocycles. The van der Waals surface area contributed by atoms with E-state index in [0.717, 1.165) is 37.3 Å². The molecule has 35 heavy (non-hydrogen) atoms. The molecule has 1 N–H and O–H groups in total. The molecule has 7 nitrogen and oxygen atoms in total. The summed E-state index contributed by atoms with van der Waals surface area (Å²) in [7, 11) is 0. The third-order valence-corrected chi connectivity index (χ3v) is 7.04. The van der Waals surface area contributed by atoms with Crippen molar-refractivity contribution in [2.45, 2.75) is 39.7 Å². The number of fused-ring (bicyclic) bond motifs is 1. The molecule has 180 valence electrons. The predicted octanol–water partition coefficient (Wildman–Crippen LogP) is 5.16. The number of piperidine rings is 1. The maximum atomic E-state index is 13.0. The lowest BCUT2D eigenvalue weighted by molar-refractivity contribution is -0.126. The highest BCUT2D eigenvalue weighted by molar-refractivity contribution is 6.30. The highest BCUT2D eigenvalue weighted by Crippen LogP contribution is 2.26. The molecule has 0 radical (unpaired) electrons. The minimum atomic E-state index is -0.00904. The lowest BCUT2D eigenvalue weighted by Crippen LogP contribution is -2.41. The fourth-order valence-electron chi connectivity index (χ4n) is 4.82. The molecule has 4 aromatic rings. The number of halogens is 1. The second kappa shape index (κ2) is 9.66. The summed E-state index contributed by atoms with van der Waals surface area (Å²) in [6.45, 7) is 7.78. The molecule has 2 aromatic carbocycles. The third kappa shape index (κ3) is 4.86. The van der Waals surface area contributed by atoms with E-state index in [0.29, 0.717) is 16.5 Å². The summed E-state index contributed by atoms with van der Waals surface area (Å²) >= 11 is 6.03. The van der Waals surface area contributed by atoms with E-state index in [1.54, 1.807) is 4.52 Å². The summed E-state index contributed by atoms with van der Waals surface area (Å²) in [5.41, 5.74) is 5.20. The van der Waals surface area contributed by atoms with Crippen molar-refractivity contribution in [3.63, 3.8) is 0 Å². The Hall–Kier alpha value is -3.45. The minimum Gasteiger partial charge on any atom is -0.355 e. The molecule has 0 spiro atoms. The number of benzene rings is 2. The zero-order valence-electron chi connectivity index (χ0n) is 20.2. The molecule has 0 unspecified atom stereocenters. The second-order valence-electron chi connectivity index (χ2n) is 9.34. The van der Waals surface area contributed by atoms with Crippen molar-refractivity contribution in [2.75, 3.05) is 18.0 Å². The van der Waals surface area contributed by atoms with Gasteiger partial charge in [0.25, 0.3) is 0 Å². The van der Waals surface area contributed by atoms with Gasteiger partial charge in [-0.3, -0.25) is 4.79 Å². The summed E-state index contributed by atoms with van der Waals surface area (Å²) in [5.74, 6) is 1.66. The van der Waals surface area contributed by atoms with Crippen molar-refractivity contribution in [1.29, 1.82) is 0 Å². The van der Waals surface area contributed by atoms with E-state index in [2.05, 4.69) is 59.4 Å². The molecule has 0 saturated carbocycles. The summed E-state index contributed by atoms with van der Waals surface area (Å²) < 4.78 is 1.77. The minimum absolute atomic E-state index is 0.00252. The van der Waals surface area contributed by atoms with E-state index in [1.165, 1.54) is 16.7 Å². The van der Waals surface area contributed by atoms with Crippen LogP contribution in [0.5, 0.6) is 0 Å². The highest BCUT2D eigenvalue weighted by atomic mass is 35.5. The lowest BCUT2D eigenvalue weighted by atomic mass is 9.94. The normalized spacial score (nSPS) is 15.4. The van der Waals surface area contributed by atoms with Crippen molar-refractivity contribution in [2.24, 2.45) is 5.92 Å². The number of hydrogen-bond acceptors (Lipinski definition) is 5. The first kappa shape index (κ1) is 23.3. The summed E-state index contributed by atoms with van der Waals surface area (Å²) in [4.78, 5) is 15.2. The predicted molar refractivity (Wildman–Crippen MR) is 139 cm³/mol. The van der Waals surface area contributed by atoms with Gasteiger partial charge in [-0.1, -0.05) is 35.4 Å². The van der Waals surface area contributed by atoms with Gasteiger partial charge in [0.15, 0.2) is 11.5 Å². The van der Waals surface area contributed by atoms with Crippen LogP contribution in [0.25, 0.3) is 17.0 Å². The Balaban J connectivity index is 1.25. The number of amides is 1. The quantitative estimate of drug-likeness (QED) is 0.420. The first-order valence-electron chi connectivity index (χ1n) is 12.0. The van der Waals surface area contributed by atoms with Crippen molar-refractivity contribution in [3.05, 3.63) is 76.3 Å². The maximum Gasteiger partial charge on any atom is 0.223 e. The monoisotopic (exact) mass is 488 g/mol. The smallest absolute Gasteiger partial charge is 0.223 e. The number of aromatic nitrogens is 4. The van der Waals surface area contributed by atoms with E-state index in [9.17, 15) is 4.79 Å². The largest absolute Gasteiger partial charge is 0.355 e. The van der Waals surface area contributed by atoms with Gasteiger partial charge in [-0.2, -0.15) is 4.52 Å². The average molecular weight is 489 g/mol. The number of nitrogens with zero attached hydrogens (tertiary/aromatic N) is 5. The molecular weight excluding hydrogens is 460 g/mol. The summed E-state index contributed by atoms with van der Waals surface area (Å²) in [5, 5.41) is 17.3. The van der Waals surface area contributed by atoms with Gasteiger partial charge < -0.3 is 10.2 Å². The van der Waals surface area contributed by atoms with Crippen LogP contribution in [-0.4, -0.2) is 38.8 Å². The zero-order valence-corrected chi connectivity index (χ0v) is 21.0. The lowest BCUT2D eigenvalue weighted by Gasteiger charge is -2.32. The fourth-order valence-corrected chi connectivity index (χ4v) is 4.94. The van der Waals surface area contributed by atoms with Crippen LogP contribution in [0.3, 0.4) is 0 Å². The molecule has 8 heteroatoms. The van der Waals surface area contributed by atoms with Gasteiger partial charge in [0.2, 0.25) is 5.91 Å². The Morgan fingerprint density at radius 1 is 1.03 bits per heavy atom. The van der Waals surface area contributed by atoms with Crippen LogP contribution in [0.2, 0.25) is 5.02 Å². The van der Waals surface area contributed by atoms with Gasteiger partial charge in [-0.25, -0.2) is 0 Å². The van der Waals surface area contributed by atoms with Crippen molar-refractivity contribution in [3.8, 4) is 11.4 Å². The van der Waals surface area contributed by atoms with E-state index in [-0.39, 0.29) is 17.9 Å². The Morgan fingerprint density at radius 3 is 2.49 bits per heavy atom. The van der Waals surface area contributed by atoms with Crippen LogP contribution in [0.4, 0.5) is 5.82 Å². The van der Waals surface area contributed by atoms with Crippen LogP contribution in [0.1, 0.15) is 42.5 Å². The summed E-state index contributed by atoms with van der Waals surface area (Å²) in [6.07, 6.45) is 1.58. The Kier molecular flexibility index (Phi) is 6.43. The topological polar surface area (TPSA) is 75.4 Å². The average Bonchev–Trinajstić information content (AvgIpc) is 3.28. The second-order valence-corrected chi connectivity index (χ2v) is 9.78. The van der Waals surface area contributed by atoms with Crippen LogP contribution in [-0.2, 0) is 4.79 Å². The van der Waals surface area contributed by atoms with Gasteiger partial charge in [0, 0.05) is 29.6 Å².